The van der Waals surface area contributed by atoms with Crippen molar-refractivity contribution in [2.45, 2.75) is 6.92 Å². The van der Waals surface area contributed by atoms with Crippen molar-refractivity contribution in [2.24, 2.45) is 5.92 Å². The molecule has 0 heterocycles. The summed E-state index contributed by atoms with van der Waals surface area (Å²) < 4.78 is 28.8. The third-order valence-electron chi connectivity index (χ3n) is 1.78. The minimum atomic E-state index is -3.50. The highest BCUT2D eigenvalue weighted by Crippen LogP contribution is 2.05. The average molecular weight is 239 g/mol. The van der Waals surface area contributed by atoms with Crippen LogP contribution >= 0.6 is 0 Å². The van der Waals surface area contributed by atoms with Crippen molar-refractivity contribution >= 4 is 16.0 Å². The van der Waals surface area contributed by atoms with Gasteiger partial charge in [-0.25, -0.2) is 8.42 Å². The third kappa shape index (κ3) is 5.71. The highest BCUT2D eigenvalue weighted by atomic mass is 32.2. The van der Waals surface area contributed by atoms with Crippen LogP contribution in [0.25, 0.3) is 0 Å². The predicted molar refractivity (Wildman–Crippen MR) is 55.1 cm³/mol. The zero-order valence-corrected chi connectivity index (χ0v) is 9.95. The molecular formula is C8H17NO5S. The number of carboxylic acid groups (broad SMARTS) is 1. The summed E-state index contributed by atoms with van der Waals surface area (Å²) in [4.78, 5) is 10.3. The lowest BCUT2D eigenvalue weighted by Gasteiger charge is -2.17. The predicted octanol–water partition coefficient (Wildman–Crippen LogP) is -0.385. The molecule has 90 valence electrons. The van der Waals surface area contributed by atoms with Crippen LogP contribution in [0.5, 0.6) is 0 Å². The number of carboxylic acids is 1. The Hall–Kier alpha value is -0.660. The lowest BCUT2D eigenvalue weighted by molar-refractivity contribution is -0.137. The van der Waals surface area contributed by atoms with Gasteiger partial charge in [0.1, 0.15) is 6.54 Å². The third-order valence-corrected chi connectivity index (χ3v) is 3.85. The van der Waals surface area contributed by atoms with Gasteiger partial charge in [-0.15, -0.1) is 0 Å². The van der Waals surface area contributed by atoms with E-state index < -0.39 is 22.5 Å². The zero-order chi connectivity index (χ0) is 12.1. The van der Waals surface area contributed by atoms with Crippen molar-refractivity contribution in [1.29, 1.82) is 0 Å². The normalized spacial score (nSPS) is 14.1. The second-order valence-corrected chi connectivity index (χ2v) is 5.61. The molecule has 0 aromatic heterocycles. The summed E-state index contributed by atoms with van der Waals surface area (Å²) in [7, 11) is -0.761. The largest absolute Gasteiger partial charge is 0.480 e. The topological polar surface area (TPSA) is 83.9 Å². The average Bonchev–Trinajstić information content (AvgIpc) is 2.01. The van der Waals surface area contributed by atoms with Gasteiger partial charge in [0, 0.05) is 20.8 Å². The Morgan fingerprint density at radius 3 is 2.47 bits per heavy atom. The number of aliphatic carboxylic acids is 1. The number of carbonyl (C=O) groups is 1. The second-order valence-electron chi connectivity index (χ2n) is 3.49. The molecule has 0 aliphatic heterocycles. The number of likely N-dealkylation sites (N-methyl/N-ethyl adjacent to an activating group) is 1. The van der Waals surface area contributed by atoms with Crippen LogP contribution in [-0.2, 0) is 19.6 Å². The molecule has 0 aromatic carbocycles. The van der Waals surface area contributed by atoms with Gasteiger partial charge in [0.2, 0.25) is 10.0 Å². The van der Waals surface area contributed by atoms with E-state index >= 15 is 0 Å². The fraction of sp³-hybridized carbons (Fsp3) is 0.875. The fourth-order valence-corrected chi connectivity index (χ4v) is 2.49. The lowest BCUT2D eigenvalue weighted by Crippen LogP contribution is -2.36. The first-order chi connectivity index (χ1) is 6.79. The summed E-state index contributed by atoms with van der Waals surface area (Å²) in [6.45, 7) is 1.55. The van der Waals surface area contributed by atoms with Crippen LogP contribution in [0.2, 0.25) is 0 Å². The molecule has 0 saturated heterocycles. The second kappa shape index (κ2) is 6.04. The zero-order valence-electron chi connectivity index (χ0n) is 9.13. The maximum atomic E-state index is 11.6. The van der Waals surface area contributed by atoms with Gasteiger partial charge in [0.15, 0.2) is 0 Å². The summed E-state index contributed by atoms with van der Waals surface area (Å²) in [5.74, 6) is -1.43. The van der Waals surface area contributed by atoms with Gasteiger partial charge in [-0.2, -0.15) is 4.31 Å². The summed E-state index contributed by atoms with van der Waals surface area (Å²) >= 11 is 0. The number of hydrogen-bond acceptors (Lipinski definition) is 4. The molecule has 7 heteroatoms. The van der Waals surface area contributed by atoms with Crippen LogP contribution in [0.3, 0.4) is 0 Å². The molecule has 0 radical (unpaired) electrons. The molecule has 1 atom stereocenters. The molecule has 0 spiro atoms. The van der Waals surface area contributed by atoms with Crippen molar-refractivity contribution in [3.8, 4) is 0 Å². The number of hydrogen-bond donors (Lipinski definition) is 1. The van der Waals surface area contributed by atoms with E-state index in [2.05, 4.69) is 0 Å². The van der Waals surface area contributed by atoms with E-state index in [4.69, 9.17) is 9.84 Å². The van der Waals surface area contributed by atoms with Gasteiger partial charge in [-0.3, -0.25) is 4.79 Å². The molecule has 0 amide bonds. The maximum absolute atomic E-state index is 11.6. The van der Waals surface area contributed by atoms with Crippen LogP contribution in [0.4, 0.5) is 0 Å². The molecule has 1 unspecified atom stereocenters. The first-order valence-corrected chi connectivity index (χ1v) is 6.05. The Morgan fingerprint density at radius 1 is 1.53 bits per heavy atom. The smallest absolute Gasteiger partial charge is 0.318 e. The van der Waals surface area contributed by atoms with E-state index in [1.54, 1.807) is 6.92 Å². The van der Waals surface area contributed by atoms with Crippen LogP contribution < -0.4 is 0 Å². The molecule has 1 N–H and O–H groups in total. The summed E-state index contributed by atoms with van der Waals surface area (Å²) in [6.07, 6.45) is 0. The molecule has 0 bridgehead atoms. The van der Waals surface area contributed by atoms with Crippen molar-refractivity contribution in [1.82, 2.24) is 4.31 Å². The van der Waals surface area contributed by atoms with Gasteiger partial charge < -0.3 is 9.84 Å². The molecule has 0 aromatic rings. The fourth-order valence-electron chi connectivity index (χ4n) is 1.11. The summed E-state index contributed by atoms with van der Waals surface area (Å²) in [6, 6.07) is 0. The molecule has 6 nitrogen and oxygen atoms in total. The lowest BCUT2D eigenvalue weighted by atomic mass is 10.2. The molecule has 0 saturated carbocycles. The molecule has 0 rings (SSSR count). The van der Waals surface area contributed by atoms with Gasteiger partial charge in [0.05, 0.1) is 5.75 Å². The minimum absolute atomic E-state index is 0.107. The molecule has 0 aliphatic rings. The molecule has 15 heavy (non-hydrogen) atoms. The number of rotatable bonds is 7. The Labute approximate surface area is 89.9 Å². The van der Waals surface area contributed by atoms with Gasteiger partial charge in [0.25, 0.3) is 0 Å². The van der Waals surface area contributed by atoms with Crippen molar-refractivity contribution in [2.75, 3.05) is 33.1 Å². The highest BCUT2D eigenvalue weighted by Gasteiger charge is 2.22. The van der Waals surface area contributed by atoms with E-state index in [0.29, 0.717) is 6.61 Å². The first-order valence-electron chi connectivity index (χ1n) is 4.44. The summed E-state index contributed by atoms with van der Waals surface area (Å²) in [5.41, 5.74) is 0. The Kier molecular flexibility index (Phi) is 5.77. The molecule has 0 aliphatic carbocycles. The van der Waals surface area contributed by atoms with E-state index in [9.17, 15) is 13.2 Å². The maximum Gasteiger partial charge on any atom is 0.318 e. The Balaban J connectivity index is 4.34. The van der Waals surface area contributed by atoms with Gasteiger partial charge >= 0.3 is 5.97 Å². The van der Waals surface area contributed by atoms with Crippen LogP contribution in [-0.4, -0.2) is 56.9 Å². The van der Waals surface area contributed by atoms with E-state index in [0.717, 1.165) is 4.31 Å². The van der Waals surface area contributed by atoms with E-state index in [1.807, 2.05) is 0 Å². The van der Waals surface area contributed by atoms with Crippen LogP contribution in [0, 0.1) is 5.92 Å². The van der Waals surface area contributed by atoms with Gasteiger partial charge in [-0.1, -0.05) is 6.92 Å². The molecular weight excluding hydrogens is 222 g/mol. The Bertz CT molecular complexity index is 300. The number of methoxy groups -OCH3 is 1. The van der Waals surface area contributed by atoms with E-state index in [-0.39, 0.29) is 11.7 Å². The summed E-state index contributed by atoms with van der Waals surface area (Å²) in [5, 5.41) is 8.45. The first kappa shape index (κ1) is 14.3. The van der Waals surface area contributed by atoms with Crippen molar-refractivity contribution in [3.63, 3.8) is 0 Å². The van der Waals surface area contributed by atoms with Crippen LogP contribution in [0.15, 0.2) is 0 Å². The van der Waals surface area contributed by atoms with E-state index in [1.165, 1.54) is 14.2 Å². The highest BCUT2D eigenvalue weighted by molar-refractivity contribution is 7.89. The Morgan fingerprint density at radius 2 is 2.07 bits per heavy atom. The minimum Gasteiger partial charge on any atom is -0.480 e. The number of sulfonamides is 1. The SMILES string of the molecule is COCC(C)CS(=O)(=O)N(C)CC(=O)O. The van der Waals surface area contributed by atoms with Crippen molar-refractivity contribution < 1.29 is 23.1 Å². The van der Waals surface area contributed by atoms with Crippen molar-refractivity contribution in [3.05, 3.63) is 0 Å². The monoisotopic (exact) mass is 239 g/mol. The van der Waals surface area contributed by atoms with Gasteiger partial charge in [-0.05, 0) is 5.92 Å². The molecule has 0 fully saturated rings. The number of ether oxygens (including phenoxy) is 1. The quantitative estimate of drug-likeness (QED) is 0.654. The standard InChI is InChI=1S/C8H17NO5S/c1-7(5-14-3)6-15(12,13)9(2)4-8(10)11/h7H,4-6H2,1-3H3,(H,10,11). The van der Waals surface area contributed by atoms with Crippen LogP contribution in [0.1, 0.15) is 6.92 Å². The number of nitrogens with zero attached hydrogens (tertiary/aromatic N) is 1.